The van der Waals surface area contributed by atoms with E-state index >= 15 is 0 Å². The van der Waals surface area contributed by atoms with Gasteiger partial charge in [0.05, 0.1) is 0 Å². The molecule has 1 rings (SSSR count). The zero-order valence-electron chi connectivity index (χ0n) is 9.73. The maximum Gasteiger partial charge on any atom is 0.165 e. The number of hydrogen-bond donors (Lipinski definition) is 4. The minimum atomic E-state index is -0.958. The van der Waals surface area contributed by atoms with E-state index in [4.69, 9.17) is 43.1 Å². The van der Waals surface area contributed by atoms with Crippen LogP contribution in [-0.4, -0.2) is 47.9 Å². The van der Waals surface area contributed by atoms with Crippen LogP contribution in [0.15, 0.2) is 0 Å². The quantitative estimate of drug-likeness (QED) is 0.256. The Morgan fingerprint density at radius 3 is 0.750 bits per heavy atom. The Balaban J connectivity index is 2.98. The third-order valence-corrected chi connectivity index (χ3v) is 1.30. The first-order valence-electron chi connectivity index (χ1n) is 4.28. The molecule has 0 aromatic rings. The number of rotatable bonds is 0. The predicted molar refractivity (Wildman–Crippen MR) is 45.8 cm³/mol. The van der Waals surface area contributed by atoms with Crippen molar-refractivity contribution in [1.29, 1.82) is 0 Å². The van der Waals surface area contributed by atoms with Crippen molar-refractivity contribution in [3.05, 3.63) is 0 Å². The normalized spacial score (nSPS) is 55.5. The van der Waals surface area contributed by atoms with E-state index in [0.29, 0.717) is 0 Å². The molecule has 12 nitrogen and oxygen atoms in total. The zero-order chi connectivity index (χ0) is 12.8. The van der Waals surface area contributed by atoms with Crippen molar-refractivity contribution < 1.29 is 39.4 Å². The molecule has 12 heteroatoms. The van der Waals surface area contributed by atoms with Crippen LogP contribution >= 0.6 is 0 Å². The molecule has 0 amide bonds. The number of nitrogens with zero attached hydrogens (tertiary/aromatic N) is 4. The van der Waals surface area contributed by atoms with Crippen LogP contribution in [0.2, 0.25) is 0 Å². The molecule has 0 aliphatic carbocycles. The van der Waals surface area contributed by atoms with Crippen LogP contribution in [0, 0.1) is 0 Å². The van der Waals surface area contributed by atoms with Crippen molar-refractivity contribution in [2.45, 2.75) is 0 Å². The minimum absolute atomic E-state index is 0.958. The van der Waals surface area contributed by atoms with Gasteiger partial charge in [-0.05, 0) is 0 Å². The highest BCUT2D eigenvalue weighted by Gasteiger charge is 2.58. The lowest BCUT2D eigenvalue weighted by atomic mass is 11.3. The second-order valence-corrected chi connectivity index (χ2v) is 3.96. The van der Waals surface area contributed by atoms with E-state index in [1.807, 2.05) is 0 Å². The maximum atomic E-state index is 5.58. The van der Waals surface area contributed by atoms with Gasteiger partial charge in [-0.1, -0.05) is 0 Å². The van der Waals surface area contributed by atoms with Gasteiger partial charge < -0.3 is 0 Å². The molecule has 0 aromatic carbocycles. The van der Waals surface area contributed by atoms with Gasteiger partial charge in [0.1, 0.15) is 39.4 Å². The van der Waals surface area contributed by atoms with Crippen molar-refractivity contribution in [3.8, 4) is 0 Å². The average Bonchev–Trinajstić information content (AvgIpc) is 1.67. The van der Waals surface area contributed by atoms with E-state index in [2.05, 4.69) is 0 Å². The highest BCUT2D eigenvalue weighted by molar-refractivity contribution is 3.66. The predicted octanol–water partition coefficient (Wildman–Crippen LogP) is -3.33. The van der Waals surface area contributed by atoms with E-state index < -0.39 is 19.7 Å². The number of nitrogens with two attached hydrogens (primary N) is 4. The van der Waals surface area contributed by atoms with Crippen molar-refractivity contribution in [2.24, 2.45) is 23.4 Å². The standard InChI is InChI=1S/C4H20N8O4/c1-9(5)13-10(2,6)15-12(4,8)16-11(3,7)14-9/h5-8H2,1-4H3/q+4. The van der Waals surface area contributed by atoms with Crippen molar-refractivity contribution >= 4 is 0 Å². The van der Waals surface area contributed by atoms with Gasteiger partial charge in [-0.2, -0.15) is 0 Å². The van der Waals surface area contributed by atoms with Gasteiger partial charge in [0, 0.05) is 0 Å². The smallest absolute Gasteiger partial charge is 0.104 e. The summed E-state index contributed by atoms with van der Waals surface area (Å²) in [5, 5.41) is 0. The van der Waals surface area contributed by atoms with Gasteiger partial charge in [0.2, 0.25) is 0 Å². The number of quaternary nitrogens is 4. The summed E-state index contributed by atoms with van der Waals surface area (Å²) in [7, 11) is 5.30. The number of hydroxylamine groups is 8. The van der Waals surface area contributed by atoms with Gasteiger partial charge in [0.25, 0.3) is 0 Å². The Morgan fingerprint density at radius 1 is 0.500 bits per heavy atom. The van der Waals surface area contributed by atoms with Crippen LogP contribution in [0.4, 0.5) is 0 Å². The van der Waals surface area contributed by atoms with Gasteiger partial charge in [-0.15, -0.1) is 23.4 Å². The molecule has 96 valence electrons. The monoisotopic (exact) mass is 244 g/mol. The SMILES string of the molecule is C[N+]1(N)O[N+](C)(N)O[N+](C)(N)O[N+](C)(N)O1. The first kappa shape index (κ1) is 13.6. The summed E-state index contributed by atoms with van der Waals surface area (Å²) >= 11 is 0. The highest BCUT2D eigenvalue weighted by atomic mass is 17.4. The van der Waals surface area contributed by atoms with Crippen LogP contribution in [0.5, 0.6) is 0 Å². The Kier molecular flexibility index (Phi) is 2.98. The third kappa shape index (κ3) is 3.83. The molecule has 0 bridgehead atoms. The third-order valence-electron chi connectivity index (χ3n) is 1.30. The molecule has 0 spiro atoms. The van der Waals surface area contributed by atoms with Gasteiger partial charge in [-0.25, -0.2) is 0 Å². The summed E-state index contributed by atoms with van der Waals surface area (Å²) in [6.07, 6.45) is 0. The van der Waals surface area contributed by atoms with Crippen LogP contribution in [0.3, 0.4) is 0 Å². The van der Waals surface area contributed by atoms with Gasteiger partial charge in [0.15, 0.2) is 28.2 Å². The lowest BCUT2D eigenvalue weighted by molar-refractivity contribution is -1.67. The summed E-state index contributed by atoms with van der Waals surface area (Å²) in [5.41, 5.74) is 0. The summed E-state index contributed by atoms with van der Waals surface area (Å²) in [6, 6.07) is 0. The van der Waals surface area contributed by atoms with Crippen molar-refractivity contribution in [3.63, 3.8) is 0 Å². The molecule has 8 N–H and O–H groups in total. The fourth-order valence-corrected chi connectivity index (χ4v) is 1.35. The van der Waals surface area contributed by atoms with Crippen LogP contribution in [-0.2, 0) is 19.8 Å². The first-order valence-corrected chi connectivity index (χ1v) is 4.28. The lowest BCUT2D eigenvalue weighted by Crippen LogP contribution is -2.77. The van der Waals surface area contributed by atoms with Crippen molar-refractivity contribution in [1.82, 2.24) is 0 Å². The lowest BCUT2D eigenvalue weighted by Gasteiger charge is -2.33. The molecular weight excluding hydrogens is 224 g/mol. The molecule has 1 aliphatic heterocycles. The molecule has 0 unspecified atom stereocenters. The first-order chi connectivity index (χ1) is 6.83. The van der Waals surface area contributed by atoms with Crippen LogP contribution < -0.4 is 23.4 Å². The van der Waals surface area contributed by atoms with Gasteiger partial charge in [-0.3, -0.25) is 0 Å². The summed E-state index contributed by atoms with van der Waals surface area (Å²) in [6.45, 7) is 0. The fourth-order valence-electron chi connectivity index (χ4n) is 1.35. The topological polar surface area (TPSA) is 141 Å². The van der Waals surface area contributed by atoms with Gasteiger partial charge >= 0.3 is 0 Å². The molecule has 0 saturated carbocycles. The van der Waals surface area contributed by atoms with Crippen LogP contribution in [0.25, 0.3) is 0 Å². The second kappa shape index (κ2) is 3.50. The molecule has 0 aromatic heterocycles. The Morgan fingerprint density at radius 2 is 0.625 bits per heavy atom. The molecule has 1 heterocycles. The average molecular weight is 244 g/mol. The summed E-state index contributed by atoms with van der Waals surface area (Å²) in [4.78, 5) is 16.4. The molecule has 16 heavy (non-hydrogen) atoms. The molecule has 1 aliphatic rings. The molecule has 1 saturated heterocycles. The zero-order valence-corrected chi connectivity index (χ0v) is 9.73. The Hall–Kier alpha value is -0.480. The molecule has 0 atom stereocenters. The summed E-state index contributed by atoms with van der Waals surface area (Å²) < 4.78 is 0. The molecule has 1 fully saturated rings. The minimum Gasteiger partial charge on any atom is -0.104 e. The fraction of sp³-hybridized carbons (Fsp3) is 1.00. The molecular formula is C4H20N8O4+4. The largest absolute Gasteiger partial charge is 0.165 e. The van der Waals surface area contributed by atoms with E-state index in [1.165, 1.54) is 28.2 Å². The van der Waals surface area contributed by atoms with E-state index in [-0.39, 0.29) is 0 Å². The van der Waals surface area contributed by atoms with E-state index in [9.17, 15) is 0 Å². The van der Waals surface area contributed by atoms with Crippen LogP contribution in [0.1, 0.15) is 0 Å². The van der Waals surface area contributed by atoms with E-state index in [1.54, 1.807) is 0 Å². The molecule has 0 radical (unpaired) electrons. The Labute approximate surface area is 92.0 Å². The van der Waals surface area contributed by atoms with Crippen molar-refractivity contribution in [2.75, 3.05) is 28.2 Å². The maximum absolute atomic E-state index is 5.58. The second-order valence-electron chi connectivity index (χ2n) is 3.96. The Bertz CT molecular complexity index is 205. The summed E-state index contributed by atoms with van der Waals surface area (Å²) in [5.74, 6) is 22.3. The van der Waals surface area contributed by atoms with E-state index in [0.717, 1.165) is 0 Å². The highest BCUT2D eigenvalue weighted by Crippen LogP contribution is 2.19. The number of hydrogen-bond acceptors (Lipinski definition) is 8.